The van der Waals surface area contributed by atoms with Crippen LogP contribution in [0.5, 0.6) is 0 Å². The number of rotatable bonds is 3. The molecule has 0 aliphatic carbocycles. The molecule has 0 radical (unpaired) electrons. The maximum Gasteiger partial charge on any atom is 0.364 e. The molecule has 1 saturated heterocycles. The molecule has 1 rings (SSSR count). The zero-order chi connectivity index (χ0) is 13.4. The zero-order valence-electron chi connectivity index (χ0n) is 9.35. The number of hydrogen-bond acceptors (Lipinski definition) is 7. The van der Waals surface area contributed by atoms with Gasteiger partial charge in [0.05, 0.1) is 30.4 Å². The van der Waals surface area contributed by atoms with Crippen molar-refractivity contribution in [2.24, 2.45) is 11.5 Å². The van der Waals surface area contributed by atoms with Crippen LogP contribution >= 0.6 is 0 Å². The van der Waals surface area contributed by atoms with Crippen LogP contribution in [-0.4, -0.2) is 62.6 Å². The van der Waals surface area contributed by atoms with Crippen LogP contribution in [0.1, 0.15) is 13.3 Å². The van der Waals surface area contributed by atoms with Crippen molar-refractivity contribution in [2.75, 3.05) is 0 Å². The molecule has 1 aliphatic heterocycles. The lowest BCUT2D eigenvalue weighted by molar-refractivity contribution is -0.279. The van der Waals surface area contributed by atoms with E-state index in [0.717, 1.165) is 0 Å². The van der Waals surface area contributed by atoms with Gasteiger partial charge in [0.15, 0.2) is 0 Å². The highest BCUT2D eigenvalue weighted by Gasteiger charge is 2.51. The number of aliphatic hydroxyl groups is 3. The van der Waals surface area contributed by atoms with E-state index in [1.807, 2.05) is 0 Å². The van der Waals surface area contributed by atoms with Crippen LogP contribution in [0.25, 0.3) is 0 Å². The predicted octanol–water partition coefficient (Wildman–Crippen LogP) is -3.06. The Hall–Kier alpha value is -0.770. The van der Waals surface area contributed by atoms with Gasteiger partial charge >= 0.3 is 5.97 Å². The molecule has 8 N–H and O–H groups in total. The van der Waals surface area contributed by atoms with E-state index in [-0.39, 0.29) is 0 Å². The summed E-state index contributed by atoms with van der Waals surface area (Å²) in [6.45, 7) is 1.38. The summed E-state index contributed by atoms with van der Waals surface area (Å²) in [4.78, 5) is 10.8. The monoisotopic (exact) mass is 250 g/mol. The molecule has 100 valence electrons. The number of aliphatic hydroxyl groups excluding tert-OH is 2. The first-order valence-electron chi connectivity index (χ1n) is 5.20. The van der Waals surface area contributed by atoms with E-state index >= 15 is 0 Å². The fourth-order valence-electron chi connectivity index (χ4n) is 1.74. The van der Waals surface area contributed by atoms with Crippen LogP contribution < -0.4 is 11.5 Å². The highest BCUT2D eigenvalue weighted by atomic mass is 16.7. The van der Waals surface area contributed by atoms with Crippen molar-refractivity contribution in [3.8, 4) is 0 Å². The van der Waals surface area contributed by atoms with E-state index in [4.69, 9.17) is 21.3 Å². The Labute approximate surface area is 97.8 Å². The molecule has 0 spiro atoms. The summed E-state index contributed by atoms with van der Waals surface area (Å²) < 4.78 is 4.93. The molecule has 0 aromatic rings. The van der Waals surface area contributed by atoms with Gasteiger partial charge in [-0.15, -0.1) is 0 Å². The summed E-state index contributed by atoms with van der Waals surface area (Å²) in [6.07, 6.45) is -4.00. The normalized spacial score (nSPS) is 41.9. The van der Waals surface area contributed by atoms with Gasteiger partial charge in [0.2, 0.25) is 0 Å². The second-order valence-corrected chi connectivity index (χ2v) is 4.34. The molecular weight excluding hydrogens is 232 g/mol. The van der Waals surface area contributed by atoms with Gasteiger partial charge in [0.1, 0.15) is 0 Å². The minimum Gasteiger partial charge on any atom is -0.477 e. The average Bonchev–Trinajstić information content (AvgIpc) is 2.22. The Morgan fingerprint density at radius 3 is 2.53 bits per heavy atom. The van der Waals surface area contributed by atoms with Gasteiger partial charge in [-0.05, 0) is 6.92 Å². The van der Waals surface area contributed by atoms with Crippen molar-refractivity contribution in [1.29, 1.82) is 0 Å². The largest absolute Gasteiger partial charge is 0.477 e. The van der Waals surface area contributed by atoms with Crippen LogP contribution in [0.3, 0.4) is 0 Å². The highest BCUT2D eigenvalue weighted by molar-refractivity contribution is 5.75. The molecule has 6 atom stereocenters. The minimum absolute atomic E-state index is 0.549. The number of ether oxygens (including phenoxy) is 1. The summed E-state index contributed by atoms with van der Waals surface area (Å²) >= 11 is 0. The number of aliphatic carboxylic acids is 1. The quantitative estimate of drug-likeness (QED) is 0.308. The predicted molar refractivity (Wildman–Crippen MR) is 55.7 cm³/mol. The van der Waals surface area contributed by atoms with E-state index in [1.54, 1.807) is 0 Å². The number of hydrogen-bond donors (Lipinski definition) is 6. The van der Waals surface area contributed by atoms with E-state index in [1.165, 1.54) is 6.92 Å². The van der Waals surface area contributed by atoms with Gasteiger partial charge in [-0.2, -0.15) is 0 Å². The number of carboxylic acids is 1. The molecule has 0 saturated carbocycles. The standard InChI is InChI=1S/C9H18N2O6/c1-3(12)5(10)7-6(11)4(13)2-9(16,17-7)8(14)15/h3-7,12-13,16H,2,10-11H2,1H3,(H,14,15)/t3-,4+,5-,6-,7?,9?/m0/s1. The second kappa shape index (κ2) is 4.84. The lowest BCUT2D eigenvalue weighted by Crippen LogP contribution is -2.66. The average molecular weight is 250 g/mol. The van der Waals surface area contributed by atoms with E-state index in [2.05, 4.69) is 0 Å². The molecule has 17 heavy (non-hydrogen) atoms. The number of nitrogens with two attached hydrogens (primary N) is 2. The lowest BCUT2D eigenvalue weighted by atomic mass is 9.89. The first kappa shape index (κ1) is 14.3. The minimum atomic E-state index is -2.54. The van der Waals surface area contributed by atoms with Crippen LogP contribution in [-0.2, 0) is 9.53 Å². The van der Waals surface area contributed by atoms with Crippen molar-refractivity contribution in [3.05, 3.63) is 0 Å². The number of carboxylic acid groups (broad SMARTS) is 1. The fraction of sp³-hybridized carbons (Fsp3) is 0.889. The molecule has 8 nitrogen and oxygen atoms in total. The smallest absolute Gasteiger partial charge is 0.364 e. The third-order valence-electron chi connectivity index (χ3n) is 2.91. The summed E-state index contributed by atoms with van der Waals surface area (Å²) in [5.41, 5.74) is 11.2. The molecule has 0 aromatic heterocycles. The topological polar surface area (TPSA) is 159 Å². The first-order chi connectivity index (χ1) is 7.69. The molecule has 8 heteroatoms. The van der Waals surface area contributed by atoms with E-state index in [0.29, 0.717) is 0 Å². The first-order valence-corrected chi connectivity index (χ1v) is 5.20. The van der Waals surface area contributed by atoms with Gasteiger partial charge in [-0.1, -0.05) is 0 Å². The van der Waals surface area contributed by atoms with Crippen LogP contribution in [0.2, 0.25) is 0 Å². The zero-order valence-corrected chi connectivity index (χ0v) is 9.35. The van der Waals surface area contributed by atoms with E-state index in [9.17, 15) is 20.1 Å². The molecular formula is C9H18N2O6. The Kier molecular flexibility index (Phi) is 4.07. The molecule has 2 unspecified atom stereocenters. The maximum atomic E-state index is 10.8. The van der Waals surface area contributed by atoms with Gasteiger partial charge in [0.25, 0.3) is 5.79 Å². The van der Waals surface area contributed by atoms with Crippen molar-refractivity contribution in [2.45, 2.75) is 49.5 Å². The Bertz CT molecular complexity index is 295. The Morgan fingerprint density at radius 2 is 2.12 bits per heavy atom. The lowest BCUT2D eigenvalue weighted by Gasteiger charge is -2.43. The van der Waals surface area contributed by atoms with Gasteiger partial charge in [-0.3, -0.25) is 0 Å². The van der Waals surface area contributed by atoms with Crippen molar-refractivity contribution < 1.29 is 30.0 Å². The second-order valence-electron chi connectivity index (χ2n) is 4.34. The Morgan fingerprint density at radius 1 is 1.59 bits per heavy atom. The SMILES string of the molecule is C[C@H](O)[C@H](N)C1OC(O)(C(=O)O)C[C@@H](O)[C@@H]1N. The van der Waals surface area contributed by atoms with Gasteiger partial charge < -0.3 is 36.6 Å². The van der Waals surface area contributed by atoms with Crippen molar-refractivity contribution in [1.82, 2.24) is 0 Å². The van der Waals surface area contributed by atoms with Crippen LogP contribution in [0.15, 0.2) is 0 Å². The molecule has 1 heterocycles. The molecule has 0 aromatic carbocycles. The molecule has 1 fully saturated rings. The fourth-order valence-corrected chi connectivity index (χ4v) is 1.74. The Balaban J connectivity index is 2.93. The van der Waals surface area contributed by atoms with Gasteiger partial charge in [0, 0.05) is 6.42 Å². The third-order valence-corrected chi connectivity index (χ3v) is 2.91. The van der Waals surface area contributed by atoms with Crippen molar-refractivity contribution in [3.63, 3.8) is 0 Å². The molecule has 0 bridgehead atoms. The van der Waals surface area contributed by atoms with Gasteiger partial charge in [-0.25, -0.2) is 4.79 Å². The van der Waals surface area contributed by atoms with Crippen LogP contribution in [0.4, 0.5) is 0 Å². The molecule has 1 aliphatic rings. The highest BCUT2D eigenvalue weighted by Crippen LogP contribution is 2.28. The van der Waals surface area contributed by atoms with E-state index < -0.39 is 48.6 Å². The van der Waals surface area contributed by atoms with Crippen molar-refractivity contribution >= 4 is 5.97 Å². The summed E-state index contributed by atoms with van der Waals surface area (Å²) in [5, 5.41) is 37.4. The summed E-state index contributed by atoms with van der Waals surface area (Å²) in [7, 11) is 0. The summed E-state index contributed by atoms with van der Waals surface area (Å²) in [6, 6.07) is -1.98. The maximum absolute atomic E-state index is 10.8. The molecule has 0 amide bonds. The summed E-state index contributed by atoms with van der Waals surface area (Å²) in [5.74, 6) is -4.17. The van der Waals surface area contributed by atoms with Crippen LogP contribution in [0, 0.1) is 0 Å². The number of carbonyl (C=O) groups is 1. The third kappa shape index (κ3) is 2.73.